The maximum atomic E-state index is 12.8. The Bertz CT molecular complexity index is 1440. The van der Waals surface area contributed by atoms with Crippen molar-refractivity contribution < 1.29 is 9.13 Å². The molecule has 296 valence electrons. The van der Waals surface area contributed by atoms with Gasteiger partial charge in [0, 0.05) is 37.8 Å². The van der Waals surface area contributed by atoms with Crippen molar-refractivity contribution in [2.24, 2.45) is 5.92 Å². The quantitative estimate of drug-likeness (QED) is 0.0797. The van der Waals surface area contributed by atoms with E-state index in [1.807, 2.05) is 60.0 Å². The first-order valence-corrected chi connectivity index (χ1v) is 19.1. The minimum atomic E-state index is -0.873. The van der Waals surface area contributed by atoms with E-state index < -0.39 is 6.17 Å². The Kier molecular flexibility index (Phi) is 32.6. The van der Waals surface area contributed by atoms with E-state index in [0.29, 0.717) is 5.92 Å². The molecule has 0 radical (unpaired) electrons. The number of alkyl halides is 1. The highest BCUT2D eigenvalue weighted by Crippen LogP contribution is 2.29. The van der Waals surface area contributed by atoms with Crippen LogP contribution in [0.3, 0.4) is 0 Å². The van der Waals surface area contributed by atoms with E-state index in [4.69, 9.17) is 4.74 Å². The zero-order chi connectivity index (χ0) is 41.5. The van der Waals surface area contributed by atoms with Crippen molar-refractivity contribution in [3.8, 4) is 0 Å². The molecule has 3 nitrogen and oxygen atoms in total. The van der Waals surface area contributed by atoms with Gasteiger partial charge < -0.3 is 15.4 Å². The molecule has 1 rings (SSSR count). The van der Waals surface area contributed by atoms with Gasteiger partial charge in [-0.15, -0.1) is 6.58 Å². The molecule has 53 heavy (non-hydrogen) atoms. The minimum absolute atomic E-state index is 0.491. The lowest BCUT2D eigenvalue weighted by Gasteiger charge is -2.19. The Morgan fingerprint density at radius 1 is 0.943 bits per heavy atom. The summed E-state index contributed by atoms with van der Waals surface area (Å²) < 4.78 is 18.2. The van der Waals surface area contributed by atoms with Gasteiger partial charge in [-0.25, -0.2) is 4.39 Å². The number of anilines is 1. The smallest absolute Gasteiger partial charge is 0.116 e. The molecule has 2 N–H and O–H groups in total. The zero-order valence-corrected chi connectivity index (χ0v) is 36.2. The van der Waals surface area contributed by atoms with Crippen molar-refractivity contribution in [2.45, 2.75) is 115 Å². The molecule has 0 amide bonds. The van der Waals surface area contributed by atoms with Gasteiger partial charge in [-0.2, -0.15) is 0 Å². The number of hydrogen-bond acceptors (Lipinski definition) is 3. The molecule has 4 heteroatoms. The molecule has 2 atom stereocenters. The number of benzene rings is 1. The third-order valence-electron chi connectivity index (χ3n) is 8.18. The number of nitrogens with one attached hydrogen (secondary N) is 2. The van der Waals surface area contributed by atoms with Crippen LogP contribution in [-0.4, -0.2) is 26.4 Å². The molecule has 2 unspecified atom stereocenters. The van der Waals surface area contributed by atoms with E-state index in [0.717, 1.165) is 100 Å². The molecule has 0 bridgehead atoms. The van der Waals surface area contributed by atoms with Gasteiger partial charge in [-0.1, -0.05) is 120 Å². The van der Waals surface area contributed by atoms with Crippen molar-refractivity contribution in [3.05, 3.63) is 156 Å². The summed E-state index contributed by atoms with van der Waals surface area (Å²) in [6, 6.07) is 6.32. The lowest BCUT2D eigenvalue weighted by atomic mass is 9.92. The maximum Gasteiger partial charge on any atom is 0.116 e. The Balaban J connectivity index is -0.000000957. The second-order valence-electron chi connectivity index (χ2n) is 13.0. The van der Waals surface area contributed by atoms with Gasteiger partial charge >= 0.3 is 0 Å². The highest BCUT2D eigenvalue weighted by molar-refractivity contribution is 5.69. The Labute approximate surface area is 327 Å². The molecule has 0 saturated heterocycles. The summed E-state index contributed by atoms with van der Waals surface area (Å²) in [6.07, 6.45) is 16.1. The summed E-state index contributed by atoms with van der Waals surface area (Å²) in [5.74, 6) is 0.491. The molecule has 0 saturated carbocycles. The fourth-order valence-electron chi connectivity index (χ4n) is 4.81. The summed E-state index contributed by atoms with van der Waals surface area (Å²) >= 11 is 0. The normalized spacial score (nSPS) is 13.2. The molecular weight excluding hydrogens is 652 g/mol. The third kappa shape index (κ3) is 24.7. The Morgan fingerprint density at radius 2 is 1.55 bits per heavy atom. The molecular formula is C49H77FN2O. The molecule has 0 heterocycles. The standard InChI is InChI=1S/C29H38N2.C15H27FO.C3H6.C2H6/c1-11-13-26(12-2)16-14-21(5)28(19-30-10)24(8)23(7)25(9)31-29-18-27(20(3)4)17-15-22(29)6;1-6-8-17-9-7-13(3)14(4)10-12(2)11-15(5)16;1-3-2;1-2/h11-13,15,17-19,30-31H,1-3,5,9,14,16H2,4,6-8,10H3;10-11,13,15H,6-9H2,1-5H3;3H,1H2,2H3;1-2H3/b24-23+,26-13+,28-19-;12-11-,14-10+;;. The average Bonchev–Trinajstić information content (AvgIpc) is 3.11. The second kappa shape index (κ2) is 32.5. The minimum Gasteiger partial charge on any atom is -0.393 e. The Hall–Kier alpha value is -4.15. The Morgan fingerprint density at radius 3 is 2.04 bits per heavy atom. The van der Waals surface area contributed by atoms with Crippen LogP contribution in [0, 0.1) is 12.8 Å². The van der Waals surface area contributed by atoms with Gasteiger partial charge in [-0.05, 0) is 138 Å². The van der Waals surface area contributed by atoms with Crippen LogP contribution in [-0.2, 0) is 4.74 Å². The van der Waals surface area contributed by atoms with Crippen molar-refractivity contribution in [1.29, 1.82) is 0 Å². The summed E-state index contributed by atoms with van der Waals surface area (Å²) in [5, 5.41) is 6.66. The van der Waals surface area contributed by atoms with Crippen LogP contribution >= 0.6 is 0 Å². The molecule has 0 aromatic heterocycles. The highest BCUT2D eigenvalue weighted by atomic mass is 19.1. The van der Waals surface area contributed by atoms with Gasteiger partial charge in [0.05, 0.1) is 0 Å². The highest BCUT2D eigenvalue weighted by Gasteiger charge is 2.12. The van der Waals surface area contributed by atoms with Crippen LogP contribution in [0.25, 0.3) is 5.57 Å². The first-order chi connectivity index (χ1) is 25.0. The third-order valence-corrected chi connectivity index (χ3v) is 8.18. The van der Waals surface area contributed by atoms with Gasteiger partial charge in [0.15, 0.2) is 0 Å². The van der Waals surface area contributed by atoms with Gasteiger partial charge in [0.2, 0.25) is 0 Å². The van der Waals surface area contributed by atoms with Crippen molar-refractivity contribution >= 4 is 11.3 Å². The average molecular weight is 729 g/mol. The van der Waals surface area contributed by atoms with Crippen molar-refractivity contribution in [3.63, 3.8) is 0 Å². The second-order valence-corrected chi connectivity index (χ2v) is 13.0. The summed E-state index contributed by atoms with van der Waals surface area (Å²) in [7, 11) is 1.90. The van der Waals surface area contributed by atoms with Crippen molar-refractivity contribution in [2.75, 3.05) is 25.6 Å². The fourth-order valence-corrected chi connectivity index (χ4v) is 4.81. The van der Waals surface area contributed by atoms with Crippen LogP contribution in [0.4, 0.5) is 10.1 Å². The number of allylic oxidation sites excluding steroid dienone is 14. The summed E-state index contributed by atoms with van der Waals surface area (Å²) in [6.45, 7) is 49.4. The zero-order valence-electron chi connectivity index (χ0n) is 36.2. The number of halogens is 1. The molecule has 0 aliphatic carbocycles. The van der Waals surface area contributed by atoms with E-state index >= 15 is 0 Å². The SMILES string of the molecule is C=C/C=C(\C=C)CCC(=C)C(=C/NC)/C(C)=C(\C)C(=C)Nc1cc(C(=C)C)ccc1C.C=CC.CC.CCCOCCC(C)/C(C)=C/C(C)=C\C(C)F. The van der Waals surface area contributed by atoms with E-state index in [1.165, 1.54) is 5.57 Å². The number of hydrogen-bond donors (Lipinski definition) is 2. The molecule has 0 aliphatic rings. The molecule has 1 aromatic rings. The van der Waals surface area contributed by atoms with Crippen LogP contribution < -0.4 is 10.6 Å². The number of ether oxygens (including phenoxy) is 1. The molecule has 0 aliphatic heterocycles. The number of aryl methyl sites for hydroxylation is 1. The largest absolute Gasteiger partial charge is 0.393 e. The van der Waals surface area contributed by atoms with Crippen LogP contribution in [0.15, 0.2) is 145 Å². The summed E-state index contributed by atoms with van der Waals surface area (Å²) in [4.78, 5) is 0. The molecule has 1 aromatic carbocycles. The fraction of sp³-hybridized carbons (Fsp3) is 0.429. The van der Waals surface area contributed by atoms with Crippen LogP contribution in [0.5, 0.6) is 0 Å². The topological polar surface area (TPSA) is 33.3 Å². The first-order valence-electron chi connectivity index (χ1n) is 19.1. The van der Waals surface area contributed by atoms with Gasteiger partial charge in [0.25, 0.3) is 0 Å². The maximum absolute atomic E-state index is 12.8. The van der Waals surface area contributed by atoms with Gasteiger partial charge in [-0.3, -0.25) is 0 Å². The molecule has 0 spiro atoms. The van der Waals surface area contributed by atoms with Gasteiger partial charge in [0.1, 0.15) is 6.17 Å². The van der Waals surface area contributed by atoms with E-state index in [2.05, 4.69) is 116 Å². The van der Waals surface area contributed by atoms with Crippen molar-refractivity contribution in [1.82, 2.24) is 5.32 Å². The predicted octanol–water partition coefficient (Wildman–Crippen LogP) is 14.9. The van der Waals surface area contributed by atoms with E-state index in [-0.39, 0.29) is 0 Å². The number of rotatable bonds is 20. The lowest BCUT2D eigenvalue weighted by Crippen LogP contribution is -2.06. The first kappa shape index (κ1) is 53.2. The van der Waals surface area contributed by atoms with Crippen LogP contribution in [0.2, 0.25) is 0 Å². The summed E-state index contributed by atoms with van der Waals surface area (Å²) in [5.41, 5.74) is 13.1. The predicted molar refractivity (Wildman–Crippen MR) is 241 cm³/mol. The van der Waals surface area contributed by atoms with E-state index in [9.17, 15) is 4.39 Å². The van der Waals surface area contributed by atoms with Crippen LogP contribution in [0.1, 0.15) is 113 Å². The lowest BCUT2D eigenvalue weighted by molar-refractivity contribution is 0.125. The van der Waals surface area contributed by atoms with E-state index in [1.54, 1.807) is 25.2 Å². The monoisotopic (exact) mass is 729 g/mol. The molecule has 0 fully saturated rings.